The number of carbonyl (C=O) groups excluding carboxylic acids is 1. The number of ether oxygens (including phenoxy) is 2. The van der Waals surface area contributed by atoms with Crippen molar-refractivity contribution in [1.82, 2.24) is 14.9 Å². The van der Waals surface area contributed by atoms with Gasteiger partial charge in [0.25, 0.3) is 0 Å². The number of aromatic nitrogens is 2. The summed E-state index contributed by atoms with van der Waals surface area (Å²) in [6.45, 7) is 9.41. The lowest BCUT2D eigenvalue weighted by molar-refractivity contribution is 0.0263. The van der Waals surface area contributed by atoms with E-state index in [1.807, 2.05) is 26.8 Å². The number of rotatable bonds is 2. The van der Waals surface area contributed by atoms with Crippen molar-refractivity contribution in [3.63, 3.8) is 0 Å². The Balaban J connectivity index is 1.63. The van der Waals surface area contributed by atoms with E-state index in [2.05, 4.69) is 14.9 Å². The fraction of sp³-hybridized carbons (Fsp3) is 0.722. The molecular formula is C18H28N4O3. The van der Waals surface area contributed by atoms with Crippen LogP contribution in [0.15, 0.2) is 12.4 Å². The van der Waals surface area contributed by atoms with Gasteiger partial charge < -0.3 is 19.3 Å². The quantitative estimate of drug-likeness (QED) is 0.819. The van der Waals surface area contributed by atoms with E-state index >= 15 is 0 Å². The SMILES string of the molecule is CC(C)(C)OC(=O)N1CCCN(c2cc(C3CCCO3)ncn2)CC1. The van der Waals surface area contributed by atoms with Crippen LogP contribution < -0.4 is 4.90 Å². The minimum Gasteiger partial charge on any atom is -0.444 e. The average molecular weight is 348 g/mol. The summed E-state index contributed by atoms with van der Waals surface area (Å²) < 4.78 is 11.2. The molecule has 0 N–H and O–H groups in total. The normalized spacial score (nSPS) is 22.0. The number of amides is 1. The van der Waals surface area contributed by atoms with E-state index in [4.69, 9.17) is 9.47 Å². The Hall–Kier alpha value is -1.89. The molecule has 7 nitrogen and oxygen atoms in total. The molecule has 0 aliphatic carbocycles. The van der Waals surface area contributed by atoms with Gasteiger partial charge in [-0.2, -0.15) is 0 Å². The van der Waals surface area contributed by atoms with Gasteiger partial charge in [0.2, 0.25) is 0 Å². The van der Waals surface area contributed by atoms with E-state index in [9.17, 15) is 4.79 Å². The number of hydrogen-bond donors (Lipinski definition) is 0. The lowest BCUT2D eigenvalue weighted by Gasteiger charge is -2.26. The van der Waals surface area contributed by atoms with Crippen LogP contribution in [0.5, 0.6) is 0 Å². The van der Waals surface area contributed by atoms with Gasteiger partial charge in [0.15, 0.2) is 0 Å². The third-order valence-corrected chi connectivity index (χ3v) is 4.40. The van der Waals surface area contributed by atoms with Crippen LogP contribution in [0.3, 0.4) is 0 Å². The van der Waals surface area contributed by atoms with E-state index < -0.39 is 5.60 Å². The summed E-state index contributed by atoms with van der Waals surface area (Å²) in [6.07, 6.45) is 4.45. The summed E-state index contributed by atoms with van der Waals surface area (Å²) in [7, 11) is 0. The highest BCUT2D eigenvalue weighted by Gasteiger charge is 2.25. The first kappa shape index (κ1) is 17.9. The Morgan fingerprint density at radius 3 is 2.76 bits per heavy atom. The Morgan fingerprint density at radius 1 is 1.20 bits per heavy atom. The number of carbonyl (C=O) groups is 1. The molecule has 1 aromatic heterocycles. The zero-order valence-electron chi connectivity index (χ0n) is 15.4. The van der Waals surface area contributed by atoms with E-state index in [-0.39, 0.29) is 12.2 Å². The molecular weight excluding hydrogens is 320 g/mol. The summed E-state index contributed by atoms with van der Waals surface area (Å²) in [6, 6.07) is 2.03. The zero-order valence-corrected chi connectivity index (χ0v) is 15.4. The van der Waals surface area contributed by atoms with Gasteiger partial charge in [0, 0.05) is 38.9 Å². The molecule has 2 saturated heterocycles. The fourth-order valence-corrected chi connectivity index (χ4v) is 3.18. The highest BCUT2D eigenvalue weighted by molar-refractivity contribution is 5.68. The largest absolute Gasteiger partial charge is 0.444 e. The lowest BCUT2D eigenvalue weighted by atomic mass is 10.2. The molecule has 2 aliphatic rings. The van der Waals surface area contributed by atoms with Crippen molar-refractivity contribution in [2.75, 3.05) is 37.7 Å². The molecule has 1 atom stereocenters. The zero-order chi connectivity index (χ0) is 17.9. The van der Waals surface area contributed by atoms with E-state index in [1.54, 1.807) is 11.2 Å². The van der Waals surface area contributed by atoms with Crippen molar-refractivity contribution in [3.05, 3.63) is 18.1 Å². The van der Waals surface area contributed by atoms with Crippen molar-refractivity contribution >= 4 is 11.9 Å². The molecule has 1 aromatic rings. The van der Waals surface area contributed by atoms with Gasteiger partial charge in [-0.3, -0.25) is 0 Å². The summed E-state index contributed by atoms with van der Waals surface area (Å²) in [5, 5.41) is 0. The van der Waals surface area contributed by atoms with Crippen LogP contribution in [-0.2, 0) is 9.47 Å². The van der Waals surface area contributed by atoms with Gasteiger partial charge in [-0.05, 0) is 40.0 Å². The molecule has 0 spiro atoms. The molecule has 0 aromatic carbocycles. The standard InChI is InChI=1S/C18H28N4O3/c1-18(2,3)25-17(23)22-8-5-7-21(9-10-22)16-12-14(19-13-20-16)15-6-4-11-24-15/h12-13,15H,4-11H2,1-3H3. The maximum absolute atomic E-state index is 12.3. The third-order valence-electron chi connectivity index (χ3n) is 4.40. The first-order valence-electron chi connectivity index (χ1n) is 9.09. The van der Waals surface area contributed by atoms with Crippen molar-refractivity contribution in [2.45, 2.75) is 51.7 Å². The van der Waals surface area contributed by atoms with Gasteiger partial charge in [0.05, 0.1) is 11.8 Å². The Morgan fingerprint density at radius 2 is 2.04 bits per heavy atom. The molecule has 7 heteroatoms. The fourth-order valence-electron chi connectivity index (χ4n) is 3.18. The highest BCUT2D eigenvalue weighted by atomic mass is 16.6. The molecule has 2 fully saturated rings. The molecule has 0 radical (unpaired) electrons. The smallest absolute Gasteiger partial charge is 0.410 e. The van der Waals surface area contributed by atoms with Gasteiger partial charge in [0.1, 0.15) is 17.7 Å². The summed E-state index contributed by atoms with van der Waals surface area (Å²) in [4.78, 5) is 25.1. The molecule has 3 heterocycles. The second kappa shape index (κ2) is 7.56. The molecule has 1 unspecified atom stereocenters. The maximum atomic E-state index is 12.3. The molecule has 138 valence electrons. The van der Waals surface area contributed by atoms with Gasteiger partial charge in [-0.1, -0.05) is 0 Å². The van der Waals surface area contributed by atoms with E-state index in [1.165, 1.54) is 0 Å². The minimum absolute atomic E-state index is 0.0898. The molecule has 25 heavy (non-hydrogen) atoms. The van der Waals surface area contributed by atoms with E-state index in [0.717, 1.165) is 50.5 Å². The van der Waals surface area contributed by atoms with Gasteiger partial charge in [-0.15, -0.1) is 0 Å². The van der Waals surface area contributed by atoms with Gasteiger partial charge in [-0.25, -0.2) is 14.8 Å². The number of nitrogens with zero attached hydrogens (tertiary/aromatic N) is 4. The van der Waals surface area contributed by atoms with Crippen LogP contribution >= 0.6 is 0 Å². The number of anilines is 1. The second-order valence-corrected chi connectivity index (χ2v) is 7.61. The summed E-state index contributed by atoms with van der Waals surface area (Å²) >= 11 is 0. The van der Waals surface area contributed by atoms with E-state index in [0.29, 0.717) is 13.1 Å². The van der Waals surface area contributed by atoms with Crippen LogP contribution in [0.4, 0.5) is 10.6 Å². The first-order valence-corrected chi connectivity index (χ1v) is 9.09. The van der Waals surface area contributed by atoms with Crippen molar-refractivity contribution in [3.8, 4) is 0 Å². The molecule has 3 rings (SSSR count). The second-order valence-electron chi connectivity index (χ2n) is 7.61. The lowest BCUT2D eigenvalue weighted by Crippen LogP contribution is -2.39. The molecule has 0 saturated carbocycles. The minimum atomic E-state index is -0.466. The summed E-state index contributed by atoms with van der Waals surface area (Å²) in [5.41, 5.74) is 0.488. The topological polar surface area (TPSA) is 67.8 Å². The van der Waals surface area contributed by atoms with Crippen molar-refractivity contribution in [2.24, 2.45) is 0 Å². The molecule has 2 aliphatic heterocycles. The predicted molar refractivity (Wildman–Crippen MR) is 94.6 cm³/mol. The van der Waals surface area contributed by atoms with Crippen LogP contribution in [-0.4, -0.2) is 59.3 Å². The monoisotopic (exact) mass is 348 g/mol. The molecule has 0 bridgehead atoms. The predicted octanol–water partition coefficient (Wildman–Crippen LogP) is 2.78. The van der Waals surface area contributed by atoms with Crippen molar-refractivity contribution in [1.29, 1.82) is 0 Å². The Kier molecular flexibility index (Phi) is 5.42. The Bertz CT molecular complexity index is 596. The van der Waals surface area contributed by atoms with Crippen LogP contribution in [0.25, 0.3) is 0 Å². The third kappa shape index (κ3) is 4.81. The van der Waals surface area contributed by atoms with Crippen LogP contribution in [0, 0.1) is 0 Å². The van der Waals surface area contributed by atoms with Crippen molar-refractivity contribution < 1.29 is 14.3 Å². The molecule has 1 amide bonds. The van der Waals surface area contributed by atoms with Gasteiger partial charge >= 0.3 is 6.09 Å². The average Bonchev–Trinajstić information content (AvgIpc) is 2.97. The van der Waals surface area contributed by atoms with Crippen LogP contribution in [0.2, 0.25) is 0 Å². The maximum Gasteiger partial charge on any atom is 0.410 e. The summed E-state index contributed by atoms with van der Waals surface area (Å²) in [5.74, 6) is 0.909. The highest BCUT2D eigenvalue weighted by Crippen LogP contribution is 2.28. The Labute approximate surface area is 149 Å². The van der Waals surface area contributed by atoms with Crippen LogP contribution in [0.1, 0.15) is 51.8 Å². The first-order chi connectivity index (χ1) is 11.9. The number of hydrogen-bond acceptors (Lipinski definition) is 6.